The number of azide groups is 1. The van der Waals surface area contributed by atoms with Crippen molar-refractivity contribution >= 4 is 12.0 Å². The molecule has 2 N–H and O–H groups in total. The van der Waals surface area contributed by atoms with E-state index < -0.39 is 18.2 Å². The zero-order valence-electron chi connectivity index (χ0n) is 10.4. The summed E-state index contributed by atoms with van der Waals surface area (Å²) in [6.07, 6.45) is 0.321. The van der Waals surface area contributed by atoms with Crippen LogP contribution in [0.25, 0.3) is 10.4 Å². The number of carboxylic acid groups (broad SMARTS) is 1. The van der Waals surface area contributed by atoms with E-state index in [4.69, 9.17) is 10.6 Å². The van der Waals surface area contributed by atoms with Gasteiger partial charge in [0.2, 0.25) is 5.91 Å². The Kier molecular flexibility index (Phi) is 4.79. The van der Waals surface area contributed by atoms with Gasteiger partial charge in [-0.1, -0.05) is 5.11 Å². The van der Waals surface area contributed by atoms with Crippen molar-refractivity contribution in [1.82, 2.24) is 10.2 Å². The van der Waals surface area contributed by atoms with Gasteiger partial charge in [0, 0.05) is 31.0 Å². The average Bonchev–Trinajstić information content (AvgIpc) is 2.30. The van der Waals surface area contributed by atoms with Crippen LogP contribution in [0.2, 0.25) is 0 Å². The third-order valence-electron chi connectivity index (χ3n) is 3.11. The van der Waals surface area contributed by atoms with E-state index in [1.807, 2.05) is 0 Å². The lowest BCUT2D eigenvalue weighted by Gasteiger charge is -2.33. The van der Waals surface area contributed by atoms with Crippen LogP contribution in [0.4, 0.5) is 4.79 Å². The van der Waals surface area contributed by atoms with Gasteiger partial charge < -0.3 is 15.3 Å². The van der Waals surface area contributed by atoms with Crippen molar-refractivity contribution in [2.24, 2.45) is 11.0 Å². The first-order valence-corrected chi connectivity index (χ1v) is 5.70. The Morgan fingerprint density at radius 1 is 1.44 bits per heavy atom. The van der Waals surface area contributed by atoms with E-state index in [2.05, 4.69) is 15.3 Å². The summed E-state index contributed by atoms with van der Waals surface area (Å²) in [6.45, 7) is 0. The van der Waals surface area contributed by atoms with Gasteiger partial charge >= 0.3 is 6.09 Å². The van der Waals surface area contributed by atoms with Gasteiger partial charge in [-0.15, -0.1) is 0 Å². The lowest BCUT2D eigenvalue weighted by molar-refractivity contribution is -0.134. The maximum absolute atomic E-state index is 11.8. The van der Waals surface area contributed by atoms with E-state index >= 15 is 0 Å². The Morgan fingerprint density at radius 3 is 2.61 bits per heavy atom. The lowest BCUT2D eigenvalue weighted by atomic mass is 9.82. The summed E-state index contributed by atoms with van der Waals surface area (Å²) in [4.78, 5) is 26.7. The topological polar surface area (TPSA) is 118 Å². The molecule has 1 saturated carbocycles. The fourth-order valence-corrected chi connectivity index (χ4v) is 2.26. The second-order valence-corrected chi connectivity index (χ2v) is 4.57. The third kappa shape index (κ3) is 3.53. The fraction of sp³-hybridized carbons (Fsp3) is 0.800. The molecule has 0 spiro atoms. The van der Waals surface area contributed by atoms with Gasteiger partial charge in [-0.3, -0.25) is 4.79 Å². The summed E-state index contributed by atoms with van der Waals surface area (Å²) in [7, 11) is 3.34. The molecule has 1 aliphatic carbocycles. The van der Waals surface area contributed by atoms with Crippen LogP contribution in [-0.2, 0) is 4.79 Å². The van der Waals surface area contributed by atoms with Crippen molar-refractivity contribution in [2.75, 3.05) is 14.1 Å². The van der Waals surface area contributed by atoms with Gasteiger partial charge in [0.25, 0.3) is 0 Å². The van der Waals surface area contributed by atoms with Crippen LogP contribution in [0, 0.1) is 5.92 Å². The molecule has 1 fully saturated rings. The molecule has 3 atom stereocenters. The summed E-state index contributed by atoms with van der Waals surface area (Å²) in [5.74, 6) is -0.242. The molecule has 0 aromatic rings. The summed E-state index contributed by atoms with van der Waals surface area (Å²) < 4.78 is 0. The first-order valence-electron chi connectivity index (χ1n) is 5.70. The van der Waals surface area contributed by atoms with Crippen LogP contribution < -0.4 is 5.32 Å². The van der Waals surface area contributed by atoms with Crippen molar-refractivity contribution in [1.29, 1.82) is 0 Å². The zero-order chi connectivity index (χ0) is 13.7. The molecule has 100 valence electrons. The molecule has 0 aliphatic heterocycles. The first kappa shape index (κ1) is 14.1. The Labute approximate surface area is 105 Å². The van der Waals surface area contributed by atoms with E-state index in [9.17, 15) is 9.59 Å². The molecule has 0 unspecified atom stereocenters. The SMILES string of the molecule is CN(C)C(=O)[C@H]1CC[C@@H](N=[N+]=[N-])[C@H](NC(=O)O)C1. The van der Waals surface area contributed by atoms with Crippen LogP contribution in [0.5, 0.6) is 0 Å². The van der Waals surface area contributed by atoms with E-state index in [0.29, 0.717) is 19.3 Å². The molecule has 0 saturated heterocycles. The van der Waals surface area contributed by atoms with E-state index in [0.717, 1.165) is 0 Å². The van der Waals surface area contributed by atoms with Crippen LogP contribution >= 0.6 is 0 Å². The Hall–Kier alpha value is -1.95. The lowest BCUT2D eigenvalue weighted by Crippen LogP contribution is -2.48. The molecule has 0 aromatic carbocycles. The van der Waals surface area contributed by atoms with Crippen LogP contribution in [0.1, 0.15) is 19.3 Å². The third-order valence-corrected chi connectivity index (χ3v) is 3.11. The molecule has 18 heavy (non-hydrogen) atoms. The number of hydrogen-bond acceptors (Lipinski definition) is 3. The normalized spacial score (nSPS) is 26.9. The van der Waals surface area contributed by atoms with Gasteiger partial charge in [-0.25, -0.2) is 4.79 Å². The predicted molar refractivity (Wildman–Crippen MR) is 63.9 cm³/mol. The predicted octanol–water partition coefficient (Wildman–Crippen LogP) is 1.19. The van der Waals surface area contributed by atoms with Crippen molar-refractivity contribution in [3.05, 3.63) is 10.4 Å². The maximum Gasteiger partial charge on any atom is 0.404 e. The van der Waals surface area contributed by atoms with Crippen LogP contribution in [-0.4, -0.2) is 48.2 Å². The summed E-state index contributed by atoms with van der Waals surface area (Å²) in [6, 6.07) is -0.918. The zero-order valence-corrected chi connectivity index (χ0v) is 10.4. The Bertz CT molecular complexity index is 378. The molecule has 8 nitrogen and oxygen atoms in total. The summed E-state index contributed by atoms with van der Waals surface area (Å²) in [5.41, 5.74) is 8.44. The van der Waals surface area contributed by atoms with Crippen molar-refractivity contribution < 1.29 is 14.7 Å². The standard InChI is InChI=1S/C10H17N5O3/c1-15(2)9(16)6-3-4-7(13-14-11)8(5-6)12-10(17)18/h6-8,12H,3-5H2,1-2H3,(H,17,18)/t6-,7+,8+/m0/s1. The molecule has 0 bridgehead atoms. The van der Waals surface area contributed by atoms with Gasteiger partial charge in [-0.2, -0.15) is 0 Å². The monoisotopic (exact) mass is 255 g/mol. The molecule has 1 aliphatic rings. The highest BCUT2D eigenvalue weighted by Crippen LogP contribution is 2.28. The van der Waals surface area contributed by atoms with Crippen LogP contribution in [0.3, 0.4) is 0 Å². The molecule has 2 amide bonds. The number of nitrogens with one attached hydrogen (secondary N) is 1. The Balaban J connectivity index is 2.75. The van der Waals surface area contributed by atoms with Gasteiger partial charge in [-0.05, 0) is 24.8 Å². The molecular formula is C10H17N5O3. The molecule has 0 aromatic heterocycles. The average molecular weight is 255 g/mol. The minimum atomic E-state index is -1.17. The van der Waals surface area contributed by atoms with Gasteiger partial charge in [0.05, 0.1) is 6.04 Å². The second-order valence-electron chi connectivity index (χ2n) is 4.57. The summed E-state index contributed by atoms with van der Waals surface area (Å²) >= 11 is 0. The first-order chi connectivity index (χ1) is 8.45. The quantitative estimate of drug-likeness (QED) is 0.447. The molecular weight excluding hydrogens is 238 g/mol. The minimum Gasteiger partial charge on any atom is -0.465 e. The number of carbonyl (C=O) groups is 2. The largest absolute Gasteiger partial charge is 0.465 e. The van der Waals surface area contributed by atoms with E-state index in [1.54, 1.807) is 14.1 Å². The van der Waals surface area contributed by atoms with Crippen LogP contribution in [0.15, 0.2) is 5.11 Å². The van der Waals surface area contributed by atoms with Gasteiger partial charge in [0.15, 0.2) is 0 Å². The molecule has 0 radical (unpaired) electrons. The molecule has 8 heteroatoms. The highest BCUT2D eigenvalue weighted by atomic mass is 16.4. The summed E-state index contributed by atoms with van der Waals surface area (Å²) in [5, 5.41) is 14.7. The number of rotatable bonds is 3. The Morgan fingerprint density at radius 2 is 2.11 bits per heavy atom. The van der Waals surface area contributed by atoms with Crippen molar-refractivity contribution in [3.8, 4) is 0 Å². The smallest absolute Gasteiger partial charge is 0.404 e. The highest BCUT2D eigenvalue weighted by Gasteiger charge is 2.34. The van der Waals surface area contributed by atoms with E-state index in [1.165, 1.54) is 4.90 Å². The molecule has 1 rings (SSSR count). The van der Waals surface area contributed by atoms with E-state index in [-0.39, 0.29) is 11.8 Å². The number of hydrogen-bond donors (Lipinski definition) is 2. The molecule has 0 heterocycles. The highest BCUT2D eigenvalue weighted by molar-refractivity contribution is 5.78. The maximum atomic E-state index is 11.8. The number of nitrogens with zero attached hydrogens (tertiary/aromatic N) is 4. The minimum absolute atomic E-state index is 0.0217. The number of carbonyl (C=O) groups excluding carboxylic acids is 1. The van der Waals surface area contributed by atoms with Gasteiger partial charge in [0.1, 0.15) is 0 Å². The van der Waals surface area contributed by atoms with Crippen molar-refractivity contribution in [2.45, 2.75) is 31.3 Å². The fourth-order valence-electron chi connectivity index (χ4n) is 2.26. The second kappa shape index (κ2) is 6.11. The van der Waals surface area contributed by atoms with Crippen molar-refractivity contribution in [3.63, 3.8) is 0 Å². The number of amides is 2.